The van der Waals surface area contributed by atoms with Crippen molar-refractivity contribution >= 4 is 40.9 Å². The maximum Gasteiger partial charge on any atom is 0.227 e. The van der Waals surface area contributed by atoms with Gasteiger partial charge >= 0.3 is 0 Å². The Bertz CT molecular complexity index is 708. The van der Waals surface area contributed by atoms with Gasteiger partial charge in [-0.15, -0.1) is 10.2 Å². The zero-order valence-electron chi connectivity index (χ0n) is 12.6. The molecule has 1 unspecified atom stereocenters. The Morgan fingerprint density at radius 2 is 2.17 bits per heavy atom. The maximum absolute atomic E-state index is 10.9. The standard InChI is InChI=1S/C14H16Cl2N4O2S/c1-3-20-13(18-19-14(20)23-7-12(17)21)8(2)22-11-6-9(15)4-5-10(11)16/h4-6,8H,3,7H2,1-2H3,(H2,17,21). The van der Waals surface area contributed by atoms with Crippen LogP contribution in [0.15, 0.2) is 23.4 Å². The highest BCUT2D eigenvalue weighted by Gasteiger charge is 2.20. The van der Waals surface area contributed by atoms with Crippen LogP contribution in [0.2, 0.25) is 10.0 Å². The van der Waals surface area contributed by atoms with Gasteiger partial charge in [-0.3, -0.25) is 4.79 Å². The fraction of sp³-hybridized carbons (Fsp3) is 0.357. The molecule has 0 radical (unpaired) electrons. The molecule has 1 amide bonds. The lowest BCUT2D eigenvalue weighted by Gasteiger charge is -2.16. The van der Waals surface area contributed by atoms with Crippen LogP contribution >= 0.6 is 35.0 Å². The second-order valence-electron chi connectivity index (χ2n) is 4.67. The summed E-state index contributed by atoms with van der Waals surface area (Å²) in [5.41, 5.74) is 5.16. The van der Waals surface area contributed by atoms with E-state index in [0.717, 1.165) is 0 Å². The van der Waals surface area contributed by atoms with Crippen LogP contribution in [-0.4, -0.2) is 26.4 Å². The van der Waals surface area contributed by atoms with Crippen molar-refractivity contribution in [1.29, 1.82) is 0 Å². The van der Waals surface area contributed by atoms with Gasteiger partial charge in [0.1, 0.15) is 5.75 Å². The number of hydrogen-bond acceptors (Lipinski definition) is 5. The second-order valence-corrected chi connectivity index (χ2v) is 6.46. The van der Waals surface area contributed by atoms with Gasteiger partial charge in [-0.2, -0.15) is 0 Å². The maximum atomic E-state index is 10.9. The summed E-state index contributed by atoms with van der Waals surface area (Å²) in [6.45, 7) is 4.44. The Morgan fingerprint density at radius 3 is 2.83 bits per heavy atom. The lowest BCUT2D eigenvalue weighted by molar-refractivity contribution is -0.115. The van der Waals surface area contributed by atoms with Gasteiger partial charge < -0.3 is 15.0 Å². The number of thioether (sulfide) groups is 1. The Balaban J connectivity index is 2.20. The fourth-order valence-corrected chi connectivity index (χ4v) is 3.02. The number of halogens is 2. The molecule has 1 aromatic heterocycles. The summed E-state index contributed by atoms with van der Waals surface area (Å²) < 4.78 is 7.72. The number of carbonyl (C=O) groups is 1. The average molecular weight is 375 g/mol. The van der Waals surface area contributed by atoms with Crippen LogP contribution in [0.3, 0.4) is 0 Å². The summed E-state index contributed by atoms with van der Waals surface area (Å²) in [5.74, 6) is 0.851. The molecule has 1 atom stereocenters. The van der Waals surface area contributed by atoms with E-state index in [1.54, 1.807) is 18.2 Å². The minimum absolute atomic E-state index is 0.146. The SMILES string of the molecule is CCn1c(SCC(N)=O)nnc1C(C)Oc1cc(Cl)ccc1Cl. The number of hydrogen-bond donors (Lipinski definition) is 1. The first-order valence-electron chi connectivity index (χ1n) is 6.88. The highest BCUT2D eigenvalue weighted by atomic mass is 35.5. The molecule has 0 aliphatic carbocycles. The first-order chi connectivity index (χ1) is 10.9. The van der Waals surface area contributed by atoms with Crippen molar-refractivity contribution in [3.8, 4) is 5.75 Å². The van der Waals surface area contributed by atoms with E-state index in [1.807, 2.05) is 18.4 Å². The topological polar surface area (TPSA) is 83.0 Å². The largest absolute Gasteiger partial charge is 0.481 e. The van der Waals surface area contributed by atoms with Crippen molar-refractivity contribution < 1.29 is 9.53 Å². The number of benzene rings is 1. The summed E-state index contributed by atoms with van der Waals surface area (Å²) in [6, 6.07) is 5.01. The van der Waals surface area contributed by atoms with Gasteiger partial charge in [0.05, 0.1) is 10.8 Å². The molecule has 2 rings (SSSR count). The number of carbonyl (C=O) groups excluding carboxylic acids is 1. The van der Waals surface area contributed by atoms with Crippen molar-refractivity contribution in [2.45, 2.75) is 31.7 Å². The van der Waals surface area contributed by atoms with Gasteiger partial charge in [0.25, 0.3) is 0 Å². The molecule has 2 N–H and O–H groups in total. The predicted octanol–water partition coefficient (Wildman–Crippen LogP) is 3.32. The molecule has 0 spiro atoms. The number of primary amides is 1. The van der Waals surface area contributed by atoms with Crippen molar-refractivity contribution in [1.82, 2.24) is 14.8 Å². The van der Waals surface area contributed by atoms with E-state index in [1.165, 1.54) is 11.8 Å². The predicted molar refractivity (Wildman–Crippen MR) is 91.1 cm³/mol. The molecule has 23 heavy (non-hydrogen) atoms. The van der Waals surface area contributed by atoms with Crippen molar-refractivity contribution in [3.05, 3.63) is 34.1 Å². The lowest BCUT2D eigenvalue weighted by Crippen LogP contribution is -2.15. The van der Waals surface area contributed by atoms with Crippen LogP contribution in [0.1, 0.15) is 25.8 Å². The molecule has 1 aromatic carbocycles. The minimum atomic E-state index is -0.405. The smallest absolute Gasteiger partial charge is 0.227 e. The van der Waals surface area contributed by atoms with E-state index < -0.39 is 5.91 Å². The number of nitrogens with two attached hydrogens (primary N) is 1. The third-order valence-corrected chi connectivity index (χ3v) is 4.50. The molecule has 0 aliphatic heterocycles. The molecular formula is C14H16Cl2N4O2S. The summed E-state index contributed by atoms with van der Waals surface area (Å²) >= 11 is 13.3. The van der Waals surface area contributed by atoms with E-state index in [-0.39, 0.29) is 11.9 Å². The molecule has 0 aliphatic rings. The van der Waals surface area contributed by atoms with Gasteiger partial charge in [0.15, 0.2) is 17.1 Å². The van der Waals surface area contributed by atoms with Crippen LogP contribution in [0.25, 0.3) is 0 Å². The van der Waals surface area contributed by atoms with Crippen molar-refractivity contribution in [2.24, 2.45) is 5.73 Å². The number of rotatable bonds is 7. The monoisotopic (exact) mass is 374 g/mol. The van der Waals surface area contributed by atoms with E-state index >= 15 is 0 Å². The minimum Gasteiger partial charge on any atom is -0.481 e. The average Bonchev–Trinajstić information content (AvgIpc) is 2.91. The van der Waals surface area contributed by atoms with Gasteiger partial charge in [-0.05, 0) is 26.0 Å². The Hall–Kier alpha value is -1.44. The summed E-state index contributed by atoms with van der Waals surface area (Å²) in [7, 11) is 0. The molecule has 0 saturated carbocycles. The summed E-state index contributed by atoms with van der Waals surface area (Å²) in [4.78, 5) is 10.9. The Kier molecular flexibility index (Phi) is 6.15. The molecular weight excluding hydrogens is 359 g/mol. The summed E-state index contributed by atoms with van der Waals surface area (Å²) in [5, 5.41) is 9.86. The lowest BCUT2D eigenvalue weighted by atomic mass is 10.3. The molecule has 9 heteroatoms. The zero-order chi connectivity index (χ0) is 17.0. The van der Waals surface area contributed by atoms with Crippen LogP contribution < -0.4 is 10.5 Å². The van der Waals surface area contributed by atoms with E-state index in [2.05, 4.69) is 10.2 Å². The Labute approximate surface area is 148 Å². The van der Waals surface area contributed by atoms with Crippen molar-refractivity contribution in [3.63, 3.8) is 0 Å². The number of ether oxygens (including phenoxy) is 1. The number of nitrogens with zero attached hydrogens (tertiary/aromatic N) is 3. The van der Waals surface area contributed by atoms with E-state index in [4.69, 9.17) is 33.7 Å². The first-order valence-corrected chi connectivity index (χ1v) is 8.62. The van der Waals surface area contributed by atoms with Gasteiger partial charge in [-0.1, -0.05) is 35.0 Å². The number of amides is 1. The Morgan fingerprint density at radius 1 is 1.43 bits per heavy atom. The van der Waals surface area contributed by atoms with Crippen LogP contribution in [-0.2, 0) is 11.3 Å². The normalized spacial score (nSPS) is 12.2. The molecule has 6 nitrogen and oxygen atoms in total. The first kappa shape index (κ1) is 17.9. The third kappa shape index (κ3) is 4.53. The third-order valence-electron chi connectivity index (χ3n) is 2.97. The quantitative estimate of drug-likeness (QED) is 0.751. The van der Waals surface area contributed by atoms with Crippen molar-refractivity contribution in [2.75, 3.05) is 5.75 Å². The highest BCUT2D eigenvalue weighted by molar-refractivity contribution is 7.99. The molecule has 0 fully saturated rings. The molecule has 0 saturated heterocycles. The van der Waals surface area contributed by atoms with E-state index in [0.29, 0.717) is 33.3 Å². The number of aromatic nitrogens is 3. The molecule has 124 valence electrons. The van der Waals surface area contributed by atoms with Gasteiger partial charge in [0, 0.05) is 17.6 Å². The zero-order valence-corrected chi connectivity index (χ0v) is 15.0. The fourth-order valence-electron chi connectivity index (χ4n) is 1.95. The van der Waals surface area contributed by atoms with Gasteiger partial charge in [0.2, 0.25) is 5.91 Å². The molecule has 2 aromatic rings. The van der Waals surface area contributed by atoms with Crippen LogP contribution in [0.5, 0.6) is 5.75 Å². The molecule has 1 heterocycles. The van der Waals surface area contributed by atoms with E-state index in [9.17, 15) is 4.79 Å². The molecule has 0 bridgehead atoms. The van der Waals surface area contributed by atoms with Gasteiger partial charge in [-0.25, -0.2) is 0 Å². The highest BCUT2D eigenvalue weighted by Crippen LogP contribution is 2.31. The van der Waals surface area contributed by atoms with Crippen LogP contribution in [0.4, 0.5) is 0 Å². The summed E-state index contributed by atoms with van der Waals surface area (Å²) in [6.07, 6.45) is -0.388. The second kappa shape index (κ2) is 7.90. The van der Waals surface area contributed by atoms with Crippen LogP contribution in [0, 0.1) is 0 Å².